The first-order chi connectivity index (χ1) is 10.9. The monoisotopic (exact) mass is 388 g/mol. The summed E-state index contributed by atoms with van der Waals surface area (Å²) in [6.07, 6.45) is 1.88. The molecule has 1 aromatic carbocycles. The number of hydrogen-bond acceptors (Lipinski definition) is 2. The van der Waals surface area contributed by atoms with Gasteiger partial charge >= 0.3 is 0 Å². The Hall–Kier alpha value is -0.830. The summed E-state index contributed by atoms with van der Waals surface area (Å²) in [5.74, 6) is -0.0842. The number of halogens is 3. The molecular formula is C19H23Cl3O2. The normalized spacial score (nSPS) is 23.2. The SMILES string of the molecule is CC1=CC([C@H](c2cc(C)c(Cl)cc2O)C(C)(C)C)=C(O)C(Cl)[C@@H]1Cl. The third-order valence-corrected chi connectivity index (χ3v) is 6.02. The fourth-order valence-corrected chi connectivity index (χ4v) is 3.85. The van der Waals surface area contributed by atoms with Crippen LogP contribution in [0.25, 0.3) is 0 Å². The van der Waals surface area contributed by atoms with E-state index in [2.05, 4.69) is 20.8 Å². The minimum Gasteiger partial charge on any atom is -0.510 e. The minimum atomic E-state index is -0.688. The van der Waals surface area contributed by atoms with Crippen molar-refractivity contribution in [2.24, 2.45) is 5.41 Å². The van der Waals surface area contributed by atoms with Crippen molar-refractivity contribution in [3.05, 3.63) is 51.3 Å². The maximum atomic E-state index is 10.6. The Balaban J connectivity index is 2.71. The highest BCUT2D eigenvalue weighted by Crippen LogP contribution is 2.49. The van der Waals surface area contributed by atoms with Crippen LogP contribution in [-0.2, 0) is 0 Å². The molecule has 0 amide bonds. The van der Waals surface area contributed by atoms with E-state index in [4.69, 9.17) is 34.8 Å². The lowest BCUT2D eigenvalue weighted by atomic mass is 9.70. The lowest BCUT2D eigenvalue weighted by Crippen LogP contribution is -2.29. The highest BCUT2D eigenvalue weighted by molar-refractivity contribution is 6.32. The van der Waals surface area contributed by atoms with Crippen molar-refractivity contribution in [2.75, 3.05) is 0 Å². The van der Waals surface area contributed by atoms with Crippen LogP contribution in [0.15, 0.2) is 35.1 Å². The first-order valence-electron chi connectivity index (χ1n) is 7.83. The van der Waals surface area contributed by atoms with Gasteiger partial charge in [-0.2, -0.15) is 0 Å². The summed E-state index contributed by atoms with van der Waals surface area (Å²) in [5.41, 5.74) is 2.89. The molecule has 1 aliphatic rings. The molecule has 24 heavy (non-hydrogen) atoms. The van der Waals surface area contributed by atoms with Gasteiger partial charge in [0.05, 0.1) is 5.38 Å². The molecule has 0 aliphatic heterocycles. The summed E-state index contributed by atoms with van der Waals surface area (Å²) in [6, 6.07) is 3.41. The molecule has 0 fully saturated rings. The Morgan fingerprint density at radius 3 is 2.17 bits per heavy atom. The topological polar surface area (TPSA) is 40.5 Å². The number of aryl methyl sites for hydroxylation is 1. The van der Waals surface area contributed by atoms with Gasteiger partial charge in [-0.3, -0.25) is 0 Å². The number of aliphatic hydroxyl groups excluding tert-OH is 1. The Morgan fingerprint density at radius 2 is 1.62 bits per heavy atom. The van der Waals surface area contributed by atoms with Crippen LogP contribution in [0, 0.1) is 12.3 Å². The van der Waals surface area contributed by atoms with Crippen molar-refractivity contribution in [3.63, 3.8) is 0 Å². The van der Waals surface area contributed by atoms with E-state index in [1.54, 1.807) is 6.07 Å². The van der Waals surface area contributed by atoms with Gasteiger partial charge < -0.3 is 10.2 Å². The molecule has 0 saturated heterocycles. The molecule has 0 radical (unpaired) electrons. The molecule has 2 N–H and O–H groups in total. The first-order valence-corrected chi connectivity index (χ1v) is 9.08. The summed E-state index contributed by atoms with van der Waals surface area (Å²) in [6.45, 7) is 9.95. The van der Waals surface area contributed by atoms with E-state index in [0.717, 1.165) is 11.1 Å². The fraction of sp³-hybridized carbons (Fsp3) is 0.474. The van der Waals surface area contributed by atoms with Crippen LogP contribution in [0.4, 0.5) is 0 Å². The average molecular weight is 390 g/mol. The quantitative estimate of drug-likeness (QED) is 0.569. The molecule has 0 heterocycles. The number of aromatic hydroxyl groups is 1. The van der Waals surface area contributed by atoms with Gasteiger partial charge in [-0.15, -0.1) is 23.2 Å². The van der Waals surface area contributed by atoms with Crippen molar-refractivity contribution >= 4 is 34.8 Å². The molecule has 1 aliphatic carbocycles. The molecule has 2 nitrogen and oxygen atoms in total. The number of hydrogen-bond donors (Lipinski definition) is 2. The highest BCUT2D eigenvalue weighted by Gasteiger charge is 2.38. The van der Waals surface area contributed by atoms with Crippen molar-refractivity contribution in [2.45, 2.75) is 51.3 Å². The first kappa shape index (κ1) is 19.5. The highest BCUT2D eigenvalue weighted by atomic mass is 35.5. The summed E-state index contributed by atoms with van der Waals surface area (Å²) >= 11 is 18.7. The van der Waals surface area contributed by atoms with Crippen LogP contribution >= 0.6 is 34.8 Å². The average Bonchev–Trinajstić information content (AvgIpc) is 2.46. The van der Waals surface area contributed by atoms with Crippen LogP contribution in [0.1, 0.15) is 44.7 Å². The molecule has 3 atom stereocenters. The summed E-state index contributed by atoms with van der Waals surface area (Å²) < 4.78 is 0. The number of alkyl halides is 2. The second kappa shape index (κ2) is 6.82. The number of aliphatic hydroxyl groups is 1. The zero-order valence-corrected chi connectivity index (χ0v) is 16.8. The van der Waals surface area contributed by atoms with Crippen LogP contribution in [0.2, 0.25) is 5.02 Å². The van der Waals surface area contributed by atoms with E-state index in [0.29, 0.717) is 16.2 Å². The number of phenols is 1. The predicted molar refractivity (Wildman–Crippen MR) is 103 cm³/mol. The van der Waals surface area contributed by atoms with Crippen LogP contribution < -0.4 is 0 Å². The molecule has 2 rings (SSSR count). The lowest BCUT2D eigenvalue weighted by molar-refractivity contribution is 0.320. The maximum absolute atomic E-state index is 10.6. The van der Waals surface area contributed by atoms with Crippen LogP contribution in [0.5, 0.6) is 5.75 Å². The summed E-state index contributed by atoms with van der Waals surface area (Å²) in [4.78, 5) is 0. The van der Waals surface area contributed by atoms with E-state index < -0.39 is 10.8 Å². The summed E-state index contributed by atoms with van der Waals surface area (Å²) in [5, 5.41) is 20.5. The third kappa shape index (κ3) is 3.56. The zero-order valence-electron chi connectivity index (χ0n) is 14.5. The van der Waals surface area contributed by atoms with Gasteiger partial charge in [0.25, 0.3) is 0 Å². The van der Waals surface area contributed by atoms with Gasteiger partial charge in [0.15, 0.2) is 0 Å². The molecule has 5 heteroatoms. The Bertz CT molecular complexity index is 714. The van der Waals surface area contributed by atoms with Gasteiger partial charge in [-0.05, 0) is 36.5 Å². The predicted octanol–water partition coefficient (Wildman–Crippen LogP) is 6.47. The Kier molecular flexibility index (Phi) is 5.54. The summed E-state index contributed by atoms with van der Waals surface area (Å²) in [7, 11) is 0. The largest absolute Gasteiger partial charge is 0.510 e. The zero-order chi connectivity index (χ0) is 18.4. The lowest BCUT2D eigenvalue weighted by Gasteiger charge is -2.36. The molecule has 1 aromatic rings. The second-order valence-corrected chi connectivity index (χ2v) is 8.84. The van der Waals surface area contributed by atoms with E-state index >= 15 is 0 Å². The number of allylic oxidation sites excluding steroid dienone is 4. The molecule has 132 valence electrons. The number of rotatable bonds is 2. The van der Waals surface area contributed by atoms with Crippen molar-refractivity contribution in [1.82, 2.24) is 0 Å². The van der Waals surface area contributed by atoms with E-state index in [1.165, 1.54) is 0 Å². The standard InChI is InChI=1S/C19H23Cl3O2/c1-9-6-11(14(23)8-13(9)20)15(19(3,4)5)12-7-10(2)16(21)17(22)18(12)24/h6-8,15-17,23-24H,1-5H3/t15-,16+,17?/m0/s1. The van der Waals surface area contributed by atoms with Gasteiger partial charge in [0, 0.05) is 16.5 Å². The van der Waals surface area contributed by atoms with Gasteiger partial charge in [0.2, 0.25) is 0 Å². The third-order valence-electron chi connectivity index (χ3n) is 4.43. The maximum Gasteiger partial charge on any atom is 0.120 e. The molecular weight excluding hydrogens is 367 g/mol. The molecule has 0 bridgehead atoms. The Morgan fingerprint density at radius 1 is 1.04 bits per heavy atom. The molecule has 0 saturated carbocycles. The fourth-order valence-electron chi connectivity index (χ4n) is 3.18. The molecule has 0 spiro atoms. The minimum absolute atomic E-state index is 0.0641. The van der Waals surface area contributed by atoms with Gasteiger partial charge in [-0.25, -0.2) is 0 Å². The molecule has 0 aromatic heterocycles. The number of benzene rings is 1. The van der Waals surface area contributed by atoms with Crippen LogP contribution in [-0.4, -0.2) is 21.0 Å². The molecule has 1 unspecified atom stereocenters. The van der Waals surface area contributed by atoms with Crippen molar-refractivity contribution in [3.8, 4) is 5.75 Å². The van der Waals surface area contributed by atoms with E-state index in [1.807, 2.05) is 26.0 Å². The number of phenolic OH excluding ortho intramolecular Hbond substituents is 1. The van der Waals surface area contributed by atoms with Gasteiger partial charge in [-0.1, -0.05) is 50.1 Å². The Labute approximate surface area is 158 Å². The van der Waals surface area contributed by atoms with Crippen molar-refractivity contribution in [1.29, 1.82) is 0 Å². The van der Waals surface area contributed by atoms with Crippen LogP contribution in [0.3, 0.4) is 0 Å². The van der Waals surface area contributed by atoms with E-state index in [9.17, 15) is 10.2 Å². The second-order valence-electron chi connectivity index (χ2n) is 7.49. The van der Waals surface area contributed by atoms with E-state index in [-0.39, 0.29) is 22.8 Å². The van der Waals surface area contributed by atoms with Gasteiger partial charge in [0.1, 0.15) is 16.9 Å². The smallest absolute Gasteiger partial charge is 0.120 e. The van der Waals surface area contributed by atoms with Crippen molar-refractivity contribution < 1.29 is 10.2 Å².